The lowest BCUT2D eigenvalue weighted by Crippen LogP contribution is -2.64. The SMILES string of the molecule is CC(=O)OC1CCC2(C)C3C4CC5(CO4)C(C(C)CCCC(C)C)CCC5(C)C3CCC2C1(C)C. The third kappa shape index (κ3) is 3.70. The van der Waals surface area contributed by atoms with Crippen molar-refractivity contribution < 1.29 is 14.3 Å². The molecule has 0 aromatic heterocycles. The molecule has 4 aliphatic carbocycles. The maximum atomic E-state index is 11.9. The molecule has 2 bridgehead atoms. The highest BCUT2D eigenvalue weighted by molar-refractivity contribution is 5.66. The average molecular weight is 487 g/mol. The van der Waals surface area contributed by atoms with Crippen molar-refractivity contribution >= 4 is 5.97 Å². The van der Waals surface area contributed by atoms with Crippen molar-refractivity contribution in [3.05, 3.63) is 0 Å². The summed E-state index contributed by atoms with van der Waals surface area (Å²) in [6.07, 6.45) is 13.6. The second-order valence-corrected chi connectivity index (χ2v) is 15.3. The molecule has 10 atom stereocenters. The van der Waals surface area contributed by atoms with E-state index in [1.165, 1.54) is 57.8 Å². The van der Waals surface area contributed by atoms with Crippen LogP contribution in [0.5, 0.6) is 0 Å². The van der Waals surface area contributed by atoms with Gasteiger partial charge in [-0.2, -0.15) is 0 Å². The van der Waals surface area contributed by atoms with E-state index in [9.17, 15) is 4.79 Å². The van der Waals surface area contributed by atoms with Crippen LogP contribution in [0, 0.1) is 57.2 Å². The van der Waals surface area contributed by atoms with E-state index in [1.54, 1.807) is 6.92 Å². The fraction of sp³-hybridized carbons (Fsp3) is 0.969. The lowest BCUT2D eigenvalue weighted by atomic mass is 9.38. The van der Waals surface area contributed by atoms with Gasteiger partial charge in [0.05, 0.1) is 12.7 Å². The van der Waals surface area contributed by atoms with Crippen molar-refractivity contribution in [1.82, 2.24) is 0 Å². The predicted octanol–water partition coefficient (Wildman–Crippen LogP) is 8.05. The molecule has 0 N–H and O–H groups in total. The van der Waals surface area contributed by atoms with Gasteiger partial charge < -0.3 is 9.47 Å². The molecule has 3 nitrogen and oxygen atoms in total. The van der Waals surface area contributed by atoms with Crippen molar-refractivity contribution in [3.8, 4) is 0 Å². The van der Waals surface area contributed by atoms with Crippen molar-refractivity contribution in [2.75, 3.05) is 6.61 Å². The minimum absolute atomic E-state index is 0.0286. The monoisotopic (exact) mass is 486 g/mol. The van der Waals surface area contributed by atoms with Crippen LogP contribution in [-0.2, 0) is 14.3 Å². The molecule has 5 aliphatic rings. The molecule has 0 aromatic carbocycles. The second kappa shape index (κ2) is 8.74. The van der Waals surface area contributed by atoms with Gasteiger partial charge in [-0.05, 0) is 91.3 Å². The van der Waals surface area contributed by atoms with Crippen LogP contribution in [-0.4, -0.2) is 24.8 Å². The van der Waals surface area contributed by atoms with E-state index in [0.29, 0.717) is 28.8 Å². The summed E-state index contributed by atoms with van der Waals surface area (Å²) in [5.41, 5.74) is 1.14. The quantitative estimate of drug-likeness (QED) is 0.356. The first-order chi connectivity index (χ1) is 16.4. The van der Waals surface area contributed by atoms with Gasteiger partial charge in [0, 0.05) is 17.8 Å². The van der Waals surface area contributed by atoms with E-state index in [-0.39, 0.29) is 22.9 Å². The van der Waals surface area contributed by atoms with E-state index in [4.69, 9.17) is 9.47 Å². The Morgan fingerprint density at radius 1 is 1.00 bits per heavy atom. The molecule has 3 heteroatoms. The molecule has 0 aromatic rings. The van der Waals surface area contributed by atoms with Crippen LogP contribution in [0.25, 0.3) is 0 Å². The van der Waals surface area contributed by atoms with Crippen LogP contribution >= 0.6 is 0 Å². The molecule has 10 unspecified atom stereocenters. The third-order valence-electron chi connectivity index (χ3n) is 13.0. The number of carbonyl (C=O) groups excluding carboxylic acids is 1. The van der Waals surface area contributed by atoms with Crippen molar-refractivity contribution in [2.24, 2.45) is 57.2 Å². The van der Waals surface area contributed by atoms with Crippen molar-refractivity contribution in [1.29, 1.82) is 0 Å². The van der Waals surface area contributed by atoms with Gasteiger partial charge in [-0.3, -0.25) is 4.79 Å². The zero-order valence-corrected chi connectivity index (χ0v) is 24.1. The number of carbonyl (C=O) groups is 1. The molecule has 35 heavy (non-hydrogen) atoms. The van der Waals surface area contributed by atoms with Crippen LogP contribution in [0.4, 0.5) is 0 Å². The highest BCUT2D eigenvalue weighted by atomic mass is 16.5. The fourth-order valence-corrected chi connectivity index (χ4v) is 11.4. The summed E-state index contributed by atoms with van der Waals surface area (Å²) in [5, 5.41) is 0. The number of fused-ring (bicyclic) bond motifs is 6. The Labute approximate surface area is 215 Å². The Morgan fingerprint density at radius 2 is 1.74 bits per heavy atom. The standard InChI is InChI=1S/C32H54O3/c1-20(2)10-9-11-21(3)23-14-17-31(8)24-12-13-26-29(5,6)27(35-22(4)33)15-16-30(26,7)28(24)25-18-32(23,31)19-34-25/h20-21,23-28H,9-19H2,1-8H3. The topological polar surface area (TPSA) is 35.5 Å². The number of esters is 1. The van der Waals surface area contributed by atoms with E-state index < -0.39 is 0 Å². The van der Waals surface area contributed by atoms with Gasteiger partial charge in [0.15, 0.2) is 0 Å². The van der Waals surface area contributed by atoms with Gasteiger partial charge in [0.2, 0.25) is 0 Å². The molecule has 1 saturated heterocycles. The molecule has 0 amide bonds. The minimum atomic E-state index is -0.117. The largest absolute Gasteiger partial charge is 0.462 e. The Morgan fingerprint density at radius 3 is 2.43 bits per heavy atom. The normalized spacial score (nSPS) is 48.7. The molecule has 1 aliphatic heterocycles. The minimum Gasteiger partial charge on any atom is -0.462 e. The maximum Gasteiger partial charge on any atom is 0.302 e. The van der Waals surface area contributed by atoms with Gasteiger partial charge >= 0.3 is 5.97 Å². The molecular weight excluding hydrogens is 432 g/mol. The van der Waals surface area contributed by atoms with Gasteiger partial charge in [0.1, 0.15) is 6.10 Å². The molecule has 1 heterocycles. The number of hydrogen-bond donors (Lipinski definition) is 0. The van der Waals surface area contributed by atoms with E-state index >= 15 is 0 Å². The Kier molecular flexibility index (Phi) is 6.50. The molecule has 4 saturated carbocycles. The van der Waals surface area contributed by atoms with Crippen LogP contribution in [0.2, 0.25) is 0 Å². The zero-order chi connectivity index (χ0) is 25.4. The number of rotatable bonds is 6. The van der Waals surface area contributed by atoms with Crippen LogP contribution in [0.1, 0.15) is 120 Å². The summed E-state index contributed by atoms with van der Waals surface area (Å²) in [6, 6.07) is 0. The van der Waals surface area contributed by atoms with Crippen LogP contribution in [0.15, 0.2) is 0 Å². The maximum absolute atomic E-state index is 11.9. The van der Waals surface area contributed by atoms with Gasteiger partial charge in [-0.1, -0.05) is 67.7 Å². The summed E-state index contributed by atoms with van der Waals surface area (Å²) in [6.45, 7) is 20.0. The Balaban J connectivity index is 1.41. The Hall–Kier alpha value is -0.570. The molecule has 5 fully saturated rings. The predicted molar refractivity (Wildman–Crippen MR) is 142 cm³/mol. The Bertz CT molecular complexity index is 818. The second-order valence-electron chi connectivity index (χ2n) is 15.3. The van der Waals surface area contributed by atoms with Crippen LogP contribution in [0.3, 0.4) is 0 Å². The molecule has 0 radical (unpaired) electrons. The van der Waals surface area contributed by atoms with Crippen molar-refractivity contribution in [3.63, 3.8) is 0 Å². The summed E-state index contributed by atoms with van der Waals surface area (Å²) < 4.78 is 12.8. The van der Waals surface area contributed by atoms with Crippen LogP contribution < -0.4 is 0 Å². The summed E-state index contributed by atoms with van der Waals surface area (Å²) in [4.78, 5) is 11.9. The van der Waals surface area contributed by atoms with E-state index in [0.717, 1.165) is 36.7 Å². The molecular formula is C32H54O3. The van der Waals surface area contributed by atoms with Gasteiger partial charge in [-0.25, -0.2) is 0 Å². The fourth-order valence-electron chi connectivity index (χ4n) is 11.4. The third-order valence-corrected chi connectivity index (χ3v) is 13.0. The molecule has 5 rings (SSSR count). The van der Waals surface area contributed by atoms with Gasteiger partial charge in [0.25, 0.3) is 0 Å². The summed E-state index contributed by atoms with van der Waals surface area (Å²) >= 11 is 0. The first kappa shape index (κ1) is 26.1. The number of hydrogen-bond acceptors (Lipinski definition) is 3. The lowest BCUT2D eigenvalue weighted by Gasteiger charge is -2.67. The van der Waals surface area contributed by atoms with E-state index in [1.807, 2.05) is 0 Å². The smallest absolute Gasteiger partial charge is 0.302 e. The number of ether oxygens (including phenoxy) is 2. The highest BCUT2D eigenvalue weighted by Gasteiger charge is 2.73. The first-order valence-electron chi connectivity index (χ1n) is 15.2. The molecule has 1 spiro atoms. The average Bonchev–Trinajstić information content (AvgIpc) is 3.30. The molecule has 200 valence electrons. The highest BCUT2D eigenvalue weighted by Crippen LogP contribution is 2.77. The van der Waals surface area contributed by atoms with Gasteiger partial charge in [-0.15, -0.1) is 0 Å². The summed E-state index contributed by atoms with van der Waals surface area (Å²) in [7, 11) is 0. The zero-order valence-electron chi connectivity index (χ0n) is 24.1. The first-order valence-corrected chi connectivity index (χ1v) is 15.2. The van der Waals surface area contributed by atoms with E-state index in [2.05, 4.69) is 48.5 Å². The lowest BCUT2D eigenvalue weighted by molar-refractivity contribution is -0.213. The summed E-state index contributed by atoms with van der Waals surface area (Å²) in [5.74, 6) is 4.41. The van der Waals surface area contributed by atoms with Crippen molar-refractivity contribution in [2.45, 2.75) is 132 Å².